The Labute approximate surface area is 72.7 Å². The van der Waals surface area contributed by atoms with E-state index < -0.39 is 0 Å². The fourth-order valence-electron chi connectivity index (χ4n) is 2.15. The lowest BCUT2D eigenvalue weighted by atomic mass is 9.89. The van der Waals surface area contributed by atoms with Crippen molar-refractivity contribution in [3.63, 3.8) is 0 Å². The SMILES string of the molecule is CN1CCOC2CC(=O)CCC21. The molecular weight excluding hydrogens is 154 g/mol. The first-order valence-electron chi connectivity index (χ1n) is 4.61. The highest BCUT2D eigenvalue weighted by Gasteiger charge is 2.35. The van der Waals surface area contributed by atoms with Gasteiger partial charge in [-0.25, -0.2) is 0 Å². The minimum Gasteiger partial charge on any atom is -0.375 e. The van der Waals surface area contributed by atoms with E-state index in [9.17, 15) is 4.79 Å². The van der Waals surface area contributed by atoms with Gasteiger partial charge in [0.2, 0.25) is 0 Å². The summed E-state index contributed by atoms with van der Waals surface area (Å²) in [5.41, 5.74) is 0. The molecule has 0 bridgehead atoms. The van der Waals surface area contributed by atoms with Crippen LogP contribution >= 0.6 is 0 Å². The molecule has 2 rings (SSSR count). The van der Waals surface area contributed by atoms with E-state index in [1.54, 1.807) is 0 Å². The number of carbonyl (C=O) groups excluding carboxylic acids is 1. The zero-order valence-corrected chi connectivity index (χ0v) is 7.45. The molecule has 2 unspecified atom stereocenters. The van der Waals surface area contributed by atoms with Gasteiger partial charge in [-0.3, -0.25) is 9.69 Å². The summed E-state index contributed by atoms with van der Waals surface area (Å²) in [7, 11) is 2.12. The van der Waals surface area contributed by atoms with E-state index in [0.717, 1.165) is 26.0 Å². The molecule has 0 amide bonds. The number of hydrogen-bond acceptors (Lipinski definition) is 3. The quantitative estimate of drug-likeness (QED) is 0.527. The molecule has 3 heteroatoms. The van der Waals surface area contributed by atoms with E-state index in [2.05, 4.69) is 11.9 Å². The van der Waals surface area contributed by atoms with Crippen LogP contribution in [0.4, 0.5) is 0 Å². The van der Waals surface area contributed by atoms with Crippen molar-refractivity contribution in [2.24, 2.45) is 0 Å². The number of fused-ring (bicyclic) bond motifs is 1. The Kier molecular flexibility index (Phi) is 2.15. The highest BCUT2D eigenvalue weighted by molar-refractivity contribution is 5.80. The monoisotopic (exact) mass is 169 g/mol. The zero-order chi connectivity index (χ0) is 8.55. The van der Waals surface area contributed by atoms with E-state index in [-0.39, 0.29) is 6.10 Å². The molecule has 1 aliphatic carbocycles. The number of carbonyl (C=O) groups is 1. The second kappa shape index (κ2) is 3.15. The summed E-state index contributed by atoms with van der Waals surface area (Å²) in [6, 6.07) is 0.497. The number of nitrogens with zero attached hydrogens (tertiary/aromatic N) is 1. The van der Waals surface area contributed by atoms with E-state index in [1.165, 1.54) is 0 Å². The fraction of sp³-hybridized carbons (Fsp3) is 0.889. The summed E-state index contributed by atoms with van der Waals surface area (Å²) in [5.74, 6) is 0.367. The first kappa shape index (κ1) is 8.20. The lowest BCUT2D eigenvalue weighted by Gasteiger charge is -2.41. The summed E-state index contributed by atoms with van der Waals surface area (Å²) >= 11 is 0. The molecule has 0 radical (unpaired) electrons. The van der Waals surface area contributed by atoms with Crippen LogP contribution < -0.4 is 0 Å². The van der Waals surface area contributed by atoms with E-state index in [0.29, 0.717) is 18.2 Å². The molecule has 12 heavy (non-hydrogen) atoms. The number of ketones is 1. The Morgan fingerprint density at radius 3 is 3.25 bits per heavy atom. The standard InChI is InChI=1S/C9H15NO2/c1-10-4-5-12-9-6-7(11)2-3-8(9)10/h8-9H,2-6H2,1H3. The number of rotatable bonds is 0. The molecule has 0 aromatic heterocycles. The molecule has 68 valence electrons. The Balaban J connectivity index is 2.04. The van der Waals surface area contributed by atoms with Gasteiger partial charge in [-0.2, -0.15) is 0 Å². The minimum atomic E-state index is 0.185. The predicted octanol–water partition coefficient (Wildman–Crippen LogP) is 0.439. The van der Waals surface area contributed by atoms with E-state index in [4.69, 9.17) is 4.74 Å². The summed E-state index contributed by atoms with van der Waals surface area (Å²) < 4.78 is 5.56. The molecule has 1 saturated heterocycles. The number of ether oxygens (including phenoxy) is 1. The molecule has 2 atom stereocenters. The Bertz CT molecular complexity index is 193. The molecule has 0 N–H and O–H groups in total. The molecule has 1 saturated carbocycles. The van der Waals surface area contributed by atoms with Crippen LogP contribution in [-0.2, 0) is 9.53 Å². The van der Waals surface area contributed by atoms with Gasteiger partial charge in [0, 0.05) is 25.4 Å². The third kappa shape index (κ3) is 1.39. The van der Waals surface area contributed by atoms with E-state index in [1.807, 2.05) is 0 Å². The Hall–Kier alpha value is -0.410. The van der Waals surface area contributed by atoms with Crippen LogP contribution in [0.3, 0.4) is 0 Å². The van der Waals surface area contributed by atoms with Crippen LogP contribution in [0.2, 0.25) is 0 Å². The van der Waals surface area contributed by atoms with Gasteiger partial charge in [-0.1, -0.05) is 0 Å². The summed E-state index contributed by atoms with van der Waals surface area (Å²) in [5, 5.41) is 0. The molecule has 1 aliphatic heterocycles. The topological polar surface area (TPSA) is 29.5 Å². The van der Waals surface area contributed by atoms with Crippen molar-refractivity contribution in [2.75, 3.05) is 20.2 Å². The van der Waals surface area contributed by atoms with Crippen molar-refractivity contribution in [1.29, 1.82) is 0 Å². The molecule has 0 spiro atoms. The van der Waals surface area contributed by atoms with Crippen molar-refractivity contribution in [3.8, 4) is 0 Å². The predicted molar refractivity (Wildman–Crippen MR) is 45.0 cm³/mol. The molecule has 0 aromatic carbocycles. The van der Waals surface area contributed by atoms with Crippen molar-refractivity contribution in [3.05, 3.63) is 0 Å². The van der Waals surface area contributed by atoms with Crippen molar-refractivity contribution in [2.45, 2.75) is 31.4 Å². The molecule has 2 fully saturated rings. The molecule has 2 aliphatic rings. The van der Waals surface area contributed by atoms with Crippen LogP contribution in [0, 0.1) is 0 Å². The van der Waals surface area contributed by atoms with Gasteiger partial charge in [0.1, 0.15) is 5.78 Å². The van der Waals surface area contributed by atoms with Crippen molar-refractivity contribution in [1.82, 2.24) is 4.90 Å². The smallest absolute Gasteiger partial charge is 0.135 e. The lowest BCUT2D eigenvalue weighted by Crippen LogP contribution is -2.52. The average Bonchev–Trinajstić information content (AvgIpc) is 2.04. The first-order chi connectivity index (χ1) is 5.77. The number of likely N-dealkylation sites (N-methyl/N-ethyl adjacent to an activating group) is 1. The molecule has 0 aromatic rings. The second-order valence-corrected chi connectivity index (χ2v) is 3.74. The fourth-order valence-corrected chi connectivity index (χ4v) is 2.15. The summed E-state index contributed by atoms with van der Waals surface area (Å²) in [4.78, 5) is 13.4. The van der Waals surface area contributed by atoms with Crippen LogP contribution in [0.25, 0.3) is 0 Å². The number of hydrogen-bond donors (Lipinski definition) is 0. The number of Topliss-reactive ketones (excluding diaryl/α,β-unsaturated/α-hetero) is 1. The van der Waals surface area contributed by atoms with Gasteiger partial charge < -0.3 is 4.74 Å². The van der Waals surface area contributed by atoms with Crippen LogP contribution in [0.15, 0.2) is 0 Å². The number of morpholine rings is 1. The molecular formula is C9H15NO2. The third-order valence-electron chi connectivity index (χ3n) is 2.92. The average molecular weight is 169 g/mol. The van der Waals surface area contributed by atoms with Crippen LogP contribution in [-0.4, -0.2) is 43.0 Å². The van der Waals surface area contributed by atoms with Gasteiger partial charge in [-0.15, -0.1) is 0 Å². The minimum absolute atomic E-state index is 0.185. The van der Waals surface area contributed by atoms with Gasteiger partial charge in [0.25, 0.3) is 0 Å². The maximum atomic E-state index is 11.1. The van der Waals surface area contributed by atoms with Gasteiger partial charge >= 0.3 is 0 Å². The first-order valence-corrected chi connectivity index (χ1v) is 4.61. The van der Waals surface area contributed by atoms with Gasteiger partial charge in [0.15, 0.2) is 0 Å². The van der Waals surface area contributed by atoms with Gasteiger partial charge in [0.05, 0.1) is 12.7 Å². The second-order valence-electron chi connectivity index (χ2n) is 3.74. The normalized spacial score (nSPS) is 37.9. The molecule has 3 nitrogen and oxygen atoms in total. The zero-order valence-electron chi connectivity index (χ0n) is 7.45. The highest BCUT2D eigenvalue weighted by atomic mass is 16.5. The maximum absolute atomic E-state index is 11.1. The maximum Gasteiger partial charge on any atom is 0.135 e. The van der Waals surface area contributed by atoms with Crippen molar-refractivity contribution >= 4 is 5.78 Å². The lowest BCUT2D eigenvalue weighted by molar-refractivity contribution is -0.133. The van der Waals surface area contributed by atoms with Crippen LogP contribution in [0.1, 0.15) is 19.3 Å². The summed E-state index contributed by atoms with van der Waals surface area (Å²) in [6.45, 7) is 1.79. The third-order valence-corrected chi connectivity index (χ3v) is 2.92. The molecule has 1 heterocycles. The van der Waals surface area contributed by atoms with Crippen molar-refractivity contribution < 1.29 is 9.53 Å². The largest absolute Gasteiger partial charge is 0.375 e. The van der Waals surface area contributed by atoms with Crippen LogP contribution in [0.5, 0.6) is 0 Å². The summed E-state index contributed by atoms with van der Waals surface area (Å²) in [6.07, 6.45) is 2.55. The Morgan fingerprint density at radius 2 is 2.42 bits per heavy atom. The van der Waals surface area contributed by atoms with E-state index >= 15 is 0 Å². The highest BCUT2D eigenvalue weighted by Crippen LogP contribution is 2.25. The van der Waals surface area contributed by atoms with Gasteiger partial charge in [-0.05, 0) is 13.5 Å². The Morgan fingerprint density at radius 1 is 1.58 bits per heavy atom.